The Hall–Kier alpha value is -0.600. The predicted molar refractivity (Wildman–Crippen MR) is 92.6 cm³/mol. The second kappa shape index (κ2) is 6.49. The average Bonchev–Trinajstić information content (AvgIpc) is 2.46. The Bertz CT molecular complexity index is 460. The highest BCUT2D eigenvalue weighted by molar-refractivity contribution is 5.21. The van der Waals surface area contributed by atoms with Crippen LogP contribution in [0, 0.1) is 22.7 Å². The Morgan fingerprint density at radius 3 is 2.64 bits per heavy atom. The van der Waals surface area contributed by atoms with Gasteiger partial charge in [-0.25, -0.2) is 0 Å². The van der Waals surface area contributed by atoms with Gasteiger partial charge in [-0.15, -0.1) is 0 Å². The van der Waals surface area contributed by atoms with Gasteiger partial charge in [-0.3, -0.25) is 0 Å². The lowest BCUT2D eigenvalue weighted by Crippen LogP contribution is -2.49. The molecule has 0 aromatic heterocycles. The maximum Gasteiger partial charge on any atom is 0.0753 e. The van der Waals surface area contributed by atoms with Crippen LogP contribution < -0.4 is 0 Å². The Morgan fingerprint density at radius 2 is 2.05 bits per heavy atom. The number of hydrogen-bond acceptors (Lipinski definition) is 2. The lowest BCUT2D eigenvalue weighted by atomic mass is 9.48. The van der Waals surface area contributed by atoms with E-state index in [4.69, 9.17) is 0 Å². The van der Waals surface area contributed by atoms with Crippen LogP contribution in [0.4, 0.5) is 0 Å². The summed E-state index contributed by atoms with van der Waals surface area (Å²) in [5.41, 5.74) is 2.74. The summed E-state index contributed by atoms with van der Waals surface area (Å²) in [4.78, 5) is 0. The van der Waals surface area contributed by atoms with Gasteiger partial charge in [-0.1, -0.05) is 39.3 Å². The number of fused-ring (bicyclic) bond motifs is 1. The molecule has 2 heteroatoms. The zero-order valence-corrected chi connectivity index (χ0v) is 15.0. The van der Waals surface area contributed by atoms with Crippen LogP contribution in [0.1, 0.15) is 66.7 Å². The smallest absolute Gasteiger partial charge is 0.0753 e. The molecular weight excluding hydrogens is 272 g/mol. The molecule has 0 heterocycles. The fourth-order valence-corrected chi connectivity index (χ4v) is 5.20. The van der Waals surface area contributed by atoms with Gasteiger partial charge in [0.05, 0.1) is 12.7 Å². The molecule has 2 N–H and O–H groups in total. The third kappa shape index (κ3) is 3.05. The van der Waals surface area contributed by atoms with Gasteiger partial charge in [0, 0.05) is 0 Å². The van der Waals surface area contributed by atoms with E-state index in [0.717, 1.165) is 24.0 Å². The van der Waals surface area contributed by atoms with Crippen molar-refractivity contribution in [2.24, 2.45) is 22.7 Å². The number of hydrogen-bond donors (Lipinski definition) is 2. The molecule has 0 amide bonds. The van der Waals surface area contributed by atoms with Gasteiger partial charge in [0.15, 0.2) is 0 Å². The summed E-state index contributed by atoms with van der Waals surface area (Å²) in [5, 5.41) is 20.4. The largest absolute Gasteiger partial charge is 0.392 e. The molecule has 0 aromatic carbocycles. The summed E-state index contributed by atoms with van der Waals surface area (Å²) in [6.45, 7) is 11.3. The zero-order chi connectivity index (χ0) is 16.5. The number of aliphatic hydroxyl groups excluding tert-OH is 2. The van der Waals surface area contributed by atoms with Crippen LogP contribution in [-0.2, 0) is 0 Å². The molecule has 0 aromatic rings. The molecule has 0 radical (unpaired) electrons. The molecule has 2 rings (SSSR count). The van der Waals surface area contributed by atoms with Crippen molar-refractivity contribution < 1.29 is 10.2 Å². The van der Waals surface area contributed by atoms with Gasteiger partial charge in [0.1, 0.15) is 0 Å². The van der Waals surface area contributed by atoms with Gasteiger partial charge in [-0.05, 0) is 73.3 Å². The van der Waals surface area contributed by atoms with Crippen LogP contribution >= 0.6 is 0 Å². The van der Waals surface area contributed by atoms with E-state index in [9.17, 15) is 10.2 Å². The van der Waals surface area contributed by atoms with Crippen molar-refractivity contribution in [2.45, 2.75) is 72.8 Å². The van der Waals surface area contributed by atoms with Crippen LogP contribution in [-0.4, -0.2) is 22.9 Å². The predicted octanol–water partition coefficient (Wildman–Crippen LogP) is 4.47. The SMILES string of the molecule is C/C=C(\C)[C@@H](O)C[C@H]1C(CO)=CCC2C(C)(C)CCC[C@@]21C. The minimum absolute atomic E-state index is 0.134. The third-order valence-electron chi connectivity index (χ3n) is 6.76. The first-order valence-corrected chi connectivity index (χ1v) is 8.87. The van der Waals surface area contributed by atoms with Crippen LogP contribution in [0.5, 0.6) is 0 Å². The fourth-order valence-electron chi connectivity index (χ4n) is 5.20. The third-order valence-corrected chi connectivity index (χ3v) is 6.76. The van der Waals surface area contributed by atoms with E-state index in [0.29, 0.717) is 17.3 Å². The monoisotopic (exact) mass is 306 g/mol. The molecule has 1 fully saturated rings. The second-order valence-electron chi connectivity index (χ2n) is 8.41. The molecular formula is C20H34O2. The molecule has 2 nitrogen and oxygen atoms in total. The topological polar surface area (TPSA) is 40.5 Å². The van der Waals surface area contributed by atoms with Crippen molar-refractivity contribution in [1.82, 2.24) is 0 Å². The molecule has 4 atom stereocenters. The van der Waals surface area contributed by atoms with Crippen LogP contribution in [0.2, 0.25) is 0 Å². The van der Waals surface area contributed by atoms with Gasteiger partial charge < -0.3 is 10.2 Å². The zero-order valence-electron chi connectivity index (χ0n) is 15.0. The Kier molecular flexibility index (Phi) is 5.23. The number of rotatable bonds is 4. The van der Waals surface area contributed by atoms with E-state index in [-0.39, 0.29) is 12.0 Å². The highest BCUT2D eigenvalue weighted by Gasteiger charge is 2.52. The maximum atomic E-state index is 10.5. The molecule has 1 unspecified atom stereocenters. The first-order chi connectivity index (χ1) is 10.3. The van der Waals surface area contributed by atoms with E-state index in [1.165, 1.54) is 19.3 Å². The molecule has 2 aliphatic carbocycles. The molecule has 2 aliphatic rings. The van der Waals surface area contributed by atoms with E-state index < -0.39 is 6.10 Å². The number of aliphatic hydroxyl groups is 2. The van der Waals surface area contributed by atoms with Gasteiger partial charge in [0.2, 0.25) is 0 Å². The minimum atomic E-state index is -0.398. The normalized spacial score (nSPS) is 36.5. The van der Waals surface area contributed by atoms with E-state index in [1.54, 1.807) is 0 Å². The van der Waals surface area contributed by atoms with E-state index in [2.05, 4.69) is 26.8 Å². The molecule has 0 spiro atoms. The summed E-state index contributed by atoms with van der Waals surface area (Å²) in [6, 6.07) is 0. The molecule has 1 saturated carbocycles. The lowest BCUT2D eigenvalue weighted by molar-refractivity contribution is -0.0499. The Morgan fingerprint density at radius 1 is 1.36 bits per heavy atom. The first kappa shape index (κ1) is 17.7. The molecule has 22 heavy (non-hydrogen) atoms. The van der Waals surface area contributed by atoms with Crippen molar-refractivity contribution in [1.29, 1.82) is 0 Å². The van der Waals surface area contributed by atoms with Crippen molar-refractivity contribution in [3.05, 3.63) is 23.3 Å². The van der Waals surface area contributed by atoms with Gasteiger partial charge >= 0.3 is 0 Å². The second-order valence-corrected chi connectivity index (χ2v) is 8.41. The Balaban J connectivity index is 2.35. The van der Waals surface area contributed by atoms with Gasteiger partial charge in [0.25, 0.3) is 0 Å². The first-order valence-electron chi connectivity index (χ1n) is 8.87. The van der Waals surface area contributed by atoms with E-state index >= 15 is 0 Å². The van der Waals surface area contributed by atoms with Gasteiger partial charge in [-0.2, -0.15) is 0 Å². The quantitative estimate of drug-likeness (QED) is 0.752. The molecule has 0 aliphatic heterocycles. The van der Waals surface area contributed by atoms with Crippen LogP contribution in [0.3, 0.4) is 0 Å². The molecule has 0 bridgehead atoms. The maximum absolute atomic E-state index is 10.5. The van der Waals surface area contributed by atoms with E-state index in [1.807, 2.05) is 19.9 Å². The van der Waals surface area contributed by atoms with Crippen molar-refractivity contribution in [3.8, 4) is 0 Å². The standard InChI is InChI=1S/C20H34O2/c1-6-14(2)17(22)12-16-15(13-21)8-9-18-19(3,4)10-7-11-20(16,18)5/h6,8,16-18,21-22H,7,9-13H2,1-5H3/b14-6+/t16-,17-,18?,20+/m0/s1. The molecule has 126 valence electrons. The summed E-state index contributed by atoms with van der Waals surface area (Å²) in [6.07, 6.45) is 9.45. The average molecular weight is 306 g/mol. The summed E-state index contributed by atoms with van der Waals surface area (Å²) in [5.74, 6) is 0.938. The minimum Gasteiger partial charge on any atom is -0.392 e. The van der Waals surface area contributed by atoms with Crippen molar-refractivity contribution >= 4 is 0 Å². The highest BCUT2D eigenvalue weighted by atomic mass is 16.3. The summed E-state index contributed by atoms with van der Waals surface area (Å²) < 4.78 is 0. The van der Waals surface area contributed by atoms with Crippen LogP contribution in [0.25, 0.3) is 0 Å². The molecule has 0 saturated heterocycles. The number of allylic oxidation sites excluding steroid dienone is 2. The summed E-state index contributed by atoms with van der Waals surface area (Å²) >= 11 is 0. The Labute approximate surface area is 136 Å². The fraction of sp³-hybridized carbons (Fsp3) is 0.800. The summed E-state index contributed by atoms with van der Waals surface area (Å²) in [7, 11) is 0. The highest BCUT2D eigenvalue weighted by Crippen LogP contribution is 2.60. The van der Waals surface area contributed by atoms with Crippen molar-refractivity contribution in [3.63, 3.8) is 0 Å². The lowest BCUT2D eigenvalue weighted by Gasteiger charge is -2.57. The van der Waals surface area contributed by atoms with Crippen molar-refractivity contribution in [2.75, 3.05) is 6.61 Å². The van der Waals surface area contributed by atoms with Crippen LogP contribution in [0.15, 0.2) is 23.3 Å².